The molecule has 1 amide bonds. The van der Waals surface area contributed by atoms with Gasteiger partial charge in [0.25, 0.3) is 0 Å². The van der Waals surface area contributed by atoms with Crippen molar-refractivity contribution < 1.29 is 4.79 Å². The fourth-order valence-electron chi connectivity index (χ4n) is 1.46. The van der Waals surface area contributed by atoms with E-state index in [1.54, 1.807) is 11.8 Å². The van der Waals surface area contributed by atoms with Gasteiger partial charge in [-0.1, -0.05) is 13.8 Å². The third-order valence-corrected chi connectivity index (χ3v) is 2.98. The Hall–Kier alpha value is -0.220. The summed E-state index contributed by atoms with van der Waals surface area (Å²) in [5.74, 6) is 2.58. The van der Waals surface area contributed by atoms with E-state index in [9.17, 15) is 4.79 Å². The summed E-state index contributed by atoms with van der Waals surface area (Å²) in [5, 5.41) is 6.12. The number of hydrogen-bond acceptors (Lipinski definition) is 3. The third-order valence-electron chi connectivity index (χ3n) is 2.22. The van der Waals surface area contributed by atoms with Gasteiger partial charge in [-0.05, 0) is 24.6 Å². The second-order valence-electron chi connectivity index (χ2n) is 3.48. The van der Waals surface area contributed by atoms with Crippen LogP contribution in [0.15, 0.2) is 0 Å². The number of carbonyl (C=O) groups excluding carboxylic acids is 1. The number of amides is 1. The Morgan fingerprint density at radius 3 is 3.00 bits per heavy atom. The van der Waals surface area contributed by atoms with Gasteiger partial charge < -0.3 is 10.6 Å². The number of rotatable bonds is 4. The molecule has 4 heteroatoms. The molecule has 1 aliphatic rings. The van der Waals surface area contributed by atoms with E-state index >= 15 is 0 Å². The molecule has 0 aromatic rings. The molecule has 0 spiro atoms. The van der Waals surface area contributed by atoms with Gasteiger partial charge in [0, 0.05) is 0 Å². The maximum absolute atomic E-state index is 11.5. The third kappa shape index (κ3) is 3.56. The second kappa shape index (κ2) is 5.50. The van der Waals surface area contributed by atoms with Crippen molar-refractivity contribution in [2.24, 2.45) is 5.92 Å². The zero-order valence-electron chi connectivity index (χ0n) is 8.30. The highest BCUT2D eigenvalue weighted by molar-refractivity contribution is 7.99. The predicted octanol–water partition coefficient (Wildman–Crippen LogP) is 0.811. The van der Waals surface area contributed by atoms with Crippen LogP contribution in [0.25, 0.3) is 0 Å². The van der Waals surface area contributed by atoms with Crippen LogP contribution < -0.4 is 10.6 Å². The van der Waals surface area contributed by atoms with Crippen molar-refractivity contribution in [1.29, 1.82) is 0 Å². The summed E-state index contributed by atoms with van der Waals surface area (Å²) in [6.07, 6.45) is 0.975. The number of thioether (sulfide) groups is 1. The Balaban J connectivity index is 2.16. The largest absolute Gasteiger partial charge is 0.346 e. The van der Waals surface area contributed by atoms with Crippen LogP contribution in [0.1, 0.15) is 20.3 Å². The van der Waals surface area contributed by atoms with Gasteiger partial charge in [0.1, 0.15) is 0 Å². The lowest BCUT2D eigenvalue weighted by molar-refractivity contribution is -0.122. The lowest BCUT2D eigenvalue weighted by Gasteiger charge is -2.10. The fourth-order valence-corrected chi connectivity index (χ4v) is 1.91. The molecular formula is C9H18N2OS. The Kier molecular flexibility index (Phi) is 4.59. The SMILES string of the molecule is CCSCNC(=O)[C@@H]1C[C@H](C)CN1. The highest BCUT2D eigenvalue weighted by Gasteiger charge is 2.26. The second-order valence-corrected chi connectivity index (χ2v) is 4.75. The van der Waals surface area contributed by atoms with E-state index < -0.39 is 0 Å². The first-order valence-corrected chi connectivity index (χ1v) is 5.98. The van der Waals surface area contributed by atoms with E-state index in [1.165, 1.54) is 0 Å². The Bertz CT molecular complexity index is 175. The molecule has 0 unspecified atom stereocenters. The maximum atomic E-state index is 11.5. The van der Waals surface area contributed by atoms with E-state index in [4.69, 9.17) is 0 Å². The molecule has 0 saturated carbocycles. The molecule has 0 aromatic heterocycles. The van der Waals surface area contributed by atoms with Crippen molar-refractivity contribution in [3.63, 3.8) is 0 Å². The minimum Gasteiger partial charge on any atom is -0.346 e. The molecule has 1 fully saturated rings. The van der Waals surface area contributed by atoms with Gasteiger partial charge in [-0.2, -0.15) is 0 Å². The molecule has 0 radical (unpaired) electrons. The number of hydrogen-bond donors (Lipinski definition) is 2. The topological polar surface area (TPSA) is 41.1 Å². The zero-order valence-corrected chi connectivity index (χ0v) is 9.12. The molecule has 1 saturated heterocycles. The minimum absolute atomic E-state index is 0.0486. The Morgan fingerprint density at radius 1 is 1.69 bits per heavy atom. The van der Waals surface area contributed by atoms with Crippen molar-refractivity contribution in [2.75, 3.05) is 18.2 Å². The van der Waals surface area contributed by atoms with Crippen LogP contribution in [0.4, 0.5) is 0 Å². The monoisotopic (exact) mass is 202 g/mol. The summed E-state index contributed by atoms with van der Waals surface area (Å²) in [4.78, 5) is 11.5. The normalized spacial score (nSPS) is 27.5. The minimum atomic E-state index is 0.0486. The summed E-state index contributed by atoms with van der Waals surface area (Å²) >= 11 is 1.74. The van der Waals surface area contributed by atoms with E-state index in [2.05, 4.69) is 24.5 Å². The van der Waals surface area contributed by atoms with E-state index in [0.29, 0.717) is 5.92 Å². The van der Waals surface area contributed by atoms with Crippen molar-refractivity contribution in [2.45, 2.75) is 26.3 Å². The molecule has 76 valence electrons. The molecule has 0 bridgehead atoms. The smallest absolute Gasteiger partial charge is 0.237 e. The average Bonchev–Trinajstić information content (AvgIpc) is 2.52. The van der Waals surface area contributed by atoms with Crippen molar-refractivity contribution in [3.8, 4) is 0 Å². The van der Waals surface area contributed by atoms with Crippen LogP contribution in [0.2, 0.25) is 0 Å². The molecular weight excluding hydrogens is 184 g/mol. The lowest BCUT2D eigenvalue weighted by Crippen LogP contribution is -2.40. The summed E-state index contributed by atoms with van der Waals surface area (Å²) < 4.78 is 0. The van der Waals surface area contributed by atoms with Crippen molar-refractivity contribution in [1.82, 2.24) is 10.6 Å². The van der Waals surface area contributed by atoms with Gasteiger partial charge in [0.05, 0.1) is 11.9 Å². The van der Waals surface area contributed by atoms with Gasteiger partial charge >= 0.3 is 0 Å². The van der Waals surface area contributed by atoms with E-state index in [-0.39, 0.29) is 11.9 Å². The van der Waals surface area contributed by atoms with Gasteiger partial charge in [0.15, 0.2) is 0 Å². The van der Waals surface area contributed by atoms with Crippen LogP contribution in [-0.4, -0.2) is 30.1 Å². The van der Waals surface area contributed by atoms with E-state index in [0.717, 1.165) is 24.6 Å². The van der Waals surface area contributed by atoms with Gasteiger partial charge in [-0.15, -0.1) is 11.8 Å². The standard InChI is InChI=1S/C9H18N2OS/c1-3-13-6-11-9(12)8-4-7(2)5-10-8/h7-8,10H,3-6H2,1-2H3,(H,11,12)/t7-,8-/m0/s1. The molecule has 0 aromatic carbocycles. The highest BCUT2D eigenvalue weighted by Crippen LogP contribution is 2.12. The maximum Gasteiger partial charge on any atom is 0.237 e. The first-order chi connectivity index (χ1) is 6.24. The summed E-state index contributed by atoms with van der Waals surface area (Å²) in [6, 6.07) is 0.0486. The Morgan fingerprint density at radius 2 is 2.46 bits per heavy atom. The molecule has 1 heterocycles. The summed E-state index contributed by atoms with van der Waals surface area (Å²) in [6.45, 7) is 5.23. The molecule has 2 atom stereocenters. The average molecular weight is 202 g/mol. The number of carbonyl (C=O) groups is 1. The summed E-state index contributed by atoms with van der Waals surface area (Å²) in [7, 11) is 0. The Labute approximate surface area is 84.0 Å². The molecule has 0 aliphatic carbocycles. The zero-order chi connectivity index (χ0) is 9.68. The van der Waals surface area contributed by atoms with Crippen molar-refractivity contribution in [3.05, 3.63) is 0 Å². The van der Waals surface area contributed by atoms with Crippen LogP contribution in [0.3, 0.4) is 0 Å². The fraction of sp³-hybridized carbons (Fsp3) is 0.889. The molecule has 3 nitrogen and oxygen atoms in total. The highest BCUT2D eigenvalue weighted by atomic mass is 32.2. The van der Waals surface area contributed by atoms with Crippen molar-refractivity contribution >= 4 is 17.7 Å². The predicted molar refractivity (Wildman–Crippen MR) is 56.7 cm³/mol. The lowest BCUT2D eigenvalue weighted by atomic mass is 10.1. The van der Waals surface area contributed by atoms with Crippen LogP contribution in [0, 0.1) is 5.92 Å². The van der Waals surface area contributed by atoms with Gasteiger partial charge in [-0.3, -0.25) is 4.79 Å². The molecule has 1 rings (SSSR count). The van der Waals surface area contributed by atoms with E-state index in [1.807, 2.05) is 0 Å². The first-order valence-electron chi connectivity index (χ1n) is 4.83. The molecule has 1 aliphatic heterocycles. The van der Waals surface area contributed by atoms with Crippen LogP contribution >= 0.6 is 11.8 Å². The quantitative estimate of drug-likeness (QED) is 0.523. The van der Waals surface area contributed by atoms with Gasteiger partial charge in [-0.25, -0.2) is 0 Å². The van der Waals surface area contributed by atoms with Crippen LogP contribution in [-0.2, 0) is 4.79 Å². The van der Waals surface area contributed by atoms with Gasteiger partial charge in [0.2, 0.25) is 5.91 Å². The molecule has 13 heavy (non-hydrogen) atoms. The summed E-state index contributed by atoms with van der Waals surface area (Å²) in [5.41, 5.74) is 0. The first kappa shape index (κ1) is 10.9. The molecule has 2 N–H and O–H groups in total. The number of nitrogens with one attached hydrogen (secondary N) is 2. The van der Waals surface area contributed by atoms with Crippen LogP contribution in [0.5, 0.6) is 0 Å².